The van der Waals surface area contributed by atoms with Gasteiger partial charge in [-0.05, 0) is 25.1 Å². The molecule has 1 saturated heterocycles. The number of allylic oxidation sites excluding steroid dienone is 1. The fourth-order valence-corrected chi connectivity index (χ4v) is 2.63. The van der Waals surface area contributed by atoms with Crippen molar-refractivity contribution in [3.8, 4) is 0 Å². The number of alkyl carbamates (subject to hydrolysis) is 1. The van der Waals surface area contributed by atoms with Crippen molar-refractivity contribution in [2.24, 2.45) is 0 Å². The van der Waals surface area contributed by atoms with Crippen LogP contribution in [-0.4, -0.2) is 53.3 Å². The Bertz CT molecular complexity index is 524. The first-order valence-corrected chi connectivity index (χ1v) is 7.82. The minimum Gasteiger partial charge on any atom is -0.444 e. The predicted octanol–water partition coefficient (Wildman–Crippen LogP) is 0.944. The lowest BCUT2D eigenvalue weighted by atomic mass is 9.76. The van der Waals surface area contributed by atoms with Crippen LogP contribution in [0.4, 0.5) is 4.79 Å². The van der Waals surface area contributed by atoms with E-state index in [4.69, 9.17) is 4.74 Å². The van der Waals surface area contributed by atoms with E-state index in [1.807, 2.05) is 49.5 Å². The molecule has 1 heterocycles. The van der Waals surface area contributed by atoms with Crippen molar-refractivity contribution in [2.45, 2.75) is 31.8 Å². The molecule has 0 spiro atoms. The maximum absolute atomic E-state index is 12.0. The molecule has 3 N–H and O–H groups in total. The Hall–Kier alpha value is -1.99. The molecule has 1 fully saturated rings. The summed E-state index contributed by atoms with van der Waals surface area (Å²) in [6.45, 7) is 3.44. The number of likely N-dealkylation sites (tertiary alicyclic amines) is 1. The molecule has 124 valence electrons. The summed E-state index contributed by atoms with van der Waals surface area (Å²) in [5.74, 6) is -0.807. The molecular formula is C16H23BN2O4. The molecule has 7 heteroatoms. The van der Waals surface area contributed by atoms with Crippen molar-refractivity contribution < 1.29 is 19.6 Å². The van der Waals surface area contributed by atoms with Crippen LogP contribution in [0.5, 0.6) is 0 Å². The molecule has 1 aromatic rings. The molecule has 1 aliphatic rings. The van der Waals surface area contributed by atoms with Gasteiger partial charge in [-0.2, -0.15) is 0 Å². The minimum absolute atomic E-state index is 0.181. The summed E-state index contributed by atoms with van der Waals surface area (Å²) < 4.78 is 5.36. The van der Waals surface area contributed by atoms with Gasteiger partial charge >= 0.3 is 13.2 Å². The van der Waals surface area contributed by atoms with Crippen LogP contribution in [0.15, 0.2) is 42.6 Å². The van der Waals surface area contributed by atoms with Gasteiger partial charge in [0.1, 0.15) is 6.10 Å². The highest BCUT2D eigenvalue weighted by Gasteiger charge is 2.29. The van der Waals surface area contributed by atoms with Crippen LogP contribution >= 0.6 is 0 Å². The van der Waals surface area contributed by atoms with Crippen LogP contribution in [0.1, 0.15) is 18.9 Å². The number of nitrogens with zero attached hydrogens (tertiary/aromatic N) is 1. The van der Waals surface area contributed by atoms with Gasteiger partial charge in [-0.15, -0.1) is 0 Å². The Morgan fingerprint density at radius 2 is 2.22 bits per heavy atom. The van der Waals surface area contributed by atoms with E-state index < -0.39 is 19.2 Å². The third-order valence-corrected chi connectivity index (χ3v) is 3.77. The lowest BCUT2D eigenvalue weighted by molar-refractivity contribution is 0.101. The summed E-state index contributed by atoms with van der Waals surface area (Å²) in [4.78, 5) is 14.1. The standard InChI is InChI=1S/C16H23BN2O4/c1-2-9-19-10-8-14(12-19)23-16(20)18-15(17(21)22)11-13-6-4-3-5-7-13/h2-7,9,14-15,21-22H,8,10-12H2,1H3,(H,18,20)/t14-,15?/m0/s1. The molecule has 2 atom stereocenters. The van der Waals surface area contributed by atoms with Gasteiger partial charge in [0.2, 0.25) is 0 Å². The maximum atomic E-state index is 12.0. The molecule has 2 rings (SSSR count). The summed E-state index contributed by atoms with van der Waals surface area (Å²) in [6.07, 6.45) is 4.20. The predicted molar refractivity (Wildman–Crippen MR) is 88.5 cm³/mol. The zero-order valence-corrected chi connectivity index (χ0v) is 13.3. The molecule has 0 saturated carbocycles. The van der Waals surface area contributed by atoms with Crippen molar-refractivity contribution in [2.75, 3.05) is 13.1 Å². The Kier molecular flexibility index (Phi) is 6.49. The average molecular weight is 318 g/mol. The van der Waals surface area contributed by atoms with Crippen molar-refractivity contribution in [3.05, 3.63) is 48.2 Å². The Labute approximate surface area is 136 Å². The fraction of sp³-hybridized carbons (Fsp3) is 0.438. The van der Waals surface area contributed by atoms with Crippen LogP contribution in [0.2, 0.25) is 0 Å². The van der Waals surface area contributed by atoms with Crippen LogP contribution in [0, 0.1) is 0 Å². The van der Waals surface area contributed by atoms with Gasteiger partial charge in [0, 0.05) is 13.0 Å². The van der Waals surface area contributed by atoms with E-state index in [1.54, 1.807) is 0 Å². The third-order valence-electron chi connectivity index (χ3n) is 3.77. The second-order valence-electron chi connectivity index (χ2n) is 5.65. The van der Waals surface area contributed by atoms with Crippen molar-refractivity contribution >= 4 is 13.2 Å². The highest BCUT2D eigenvalue weighted by atomic mass is 16.6. The highest BCUT2D eigenvalue weighted by Crippen LogP contribution is 2.13. The molecule has 0 bridgehead atoms. The number of carbonyl (C=O) groups excluding carboxylic acids is 1. The zero-order chi connectivity index (χ0) is 16.7. The maximum Gasteiger partial charge on any atom is 0.475 e. The normalized spacial score (nSPS) is 18.9. The fourth-order valence-electron chi connectivity index (χ4n) is 2.63. The molecular weight excluding hydrogens is 295 g/mol. The largest absolute Gasteiger partial charge is 0.475 e. The first kappa shape index (κ1) is 17.4. The molecule has 1 amide bonds. The minimum atomic E-state index is -1.65. The van der Waals surface area contributed by atoms with Gasteiger partial charge in [0.15, 0.2) is 0 Å². The second-order valence-corrected chi connectivity index (χ2v) is 5.65. The van der Waals surface area contributed by atoms with E-state index in [9.17, 15) is 14.8 Å². The summed E-state index contributed by atoms with van der Waals surface area (Å²) in [7, 11) is -1.65. The summed E-state index contributed by atoms with van der Waals surface area (Å²) in [6, 6.07) is 9.35. The number of carbonyl (C=O) groups is 1. The van der Waals surface area contributed by atoms with E-state index in [2.05, 4.69) is 10.2 Å². The van der Waals surface area contributed by atoms with Gasteiger partial charge in [-0.1, -0.05) is 36.4 Å². The SMILES string of the molecule is CC=CN1CC[C@H](OC(=O)NC(Cc2ccccc2)B(O)O)C1. The number of amides is 1. The van der Waals surface area contributed by atoms with Gasteiger partial charge in [0.25, 0.3) is 0 Å². The Morgan fingerprint density at radius 3 is 2.87 bits per heavy atom. The Morgan fingerprint density at radius 1 is 1.48 bits per heavy atom. The summed E-state index contributed by atoms with van der Waals surface area (Å²) in [5, 5.41) is 21.5. The van der Waals surface area contributed by atoms with Gasteiger partial charge in [0.05, 0.1) is 12.5 Å². The van der Waals surface area contributed by atoms with Crippen LogP contribution in [0.25, 0.3) is 0 Å². The Balaban J connectivity index is 1.84. The summed E-state index contributed by atoms with van der Waals surface area (Å²) >= 11 is 0. The number of hydrogen-bond acceptors (Lipinski definition) is 5. The molecule has 6 nitrogen and oxygen atoms in total. The smallest absolute Gasteiger partial charge is 0.444 e. The number of ether oxygens (including phenoxy) is 1. The quantitative estimate of drug-likeness (QED) is 0.680. The lowest BCUT2D eigenvalue weighted by Gasteiger charge is -2.20. The van der Waals surface area contributed by atoms with E-state index in [0.29, 0.717) is 13.0 Å². The average Bonchev–Trinajstić information content (AvgIpc) is 2.95. The highest BCUT2D eigenvalue weighted by molar-refractivity contribution is 6.43. The van der Waals surface area contributed by atoms with Crippen molar-refractivity contribution in [1.29, 1.82) is 0 Å². The van der Waals surface area contributed by atoms with Gasteiger partial charge < -0.3 is 25.0 Å². The second kappa shape index (κ2) is 8.60. The first-order valence-electron chi connectivity index (χ1n) is 7.82. The zero-order valence-electron chi connectivity index (χ0n) is 13.3. The topological polar surface area (TPSA) is 82.0 Å². The molecule has 1 unspecified atom stereocenters. The molecule has 1 aliphatic heterocycles. The van der Waals surface area contributed by atoms with Crippen molar-refractivity contribution in [3.63, 3.8) is 0 Å². The van der Waals surface area contributed by atoms with E-state index in [1.165, 1.54) is 0 Å². The molecule has 0 radical (unpaired) electrons. The van der Waals surface area contributed by atoms with Crippen LogP contribution in [0.3, 0.4) is 0 Å². The number of hydrogen-bond donors (Lipinski definition) is 3. The van der Waals surface area contributed by atoms with E-state index in [-0.39, 0.29) is 6.10 Å². The van der Waals surface area contributed by atoms with E-state index >= 15 is 0 Å². The summed E-state index contributed by atoms with van der Waals surface area (Å²) in [5.41, 5.74) is 0.908. The first-order chi connectivity index (χ1) is 11.1. The van der Waals surface area contributed by atoms with Crippen molar-refractivity contribution in [1.82, 2.24) is 10.2 Å². The van der Waals surface area contributed by atoms with Gasteiger partial charge in [-0.25, -0.2) is 4.79 Å². The number of rotatable bonds is 6. The molecule has 0 aliphatic carbocycles. The van der Waals surface area contributed by atoms with Crippen LogP contribution < -0.4 is 5.32 Å². The number of nitrogens with one attached hydrogen (secondary N) is 1. The lowest BCUT2D eigenvalue weighted by Crippen LogP contribution is -2.48. The van der Waals surface area contributed by atoms with Crippen LogP contribution in [-0.2, 0) is 11.2 Å². The number of benzene rings is 1. The third kappa shape index (κ3) is 5.61. The molecule has 23 heavy (non-hydrogen) atoms. The molecule has 0 aromatic heterocycles. The molecule has 1 aromatic carbocycles. The monoisotopic (exact) mass is 318 g/mol. The van der Waals surface area contributed by atoms with E-state index in [0.717, 1.165) is 18.5 Å². The van der Waals surface area contributed by atoms with Gasteiger partial charge in [-0.3, -0.25) is 0 Å².